The number of benzene rings is 1. The van der Waals surface area contributed by atoms with Crippen LogP contribution < -0.4 is 0 Å². The Kier molecular flexibility index (Phi) is 3.92. The zero-order chi connectivity index (χ0) is 13.9. The molecule has 0 saturated carbocycles. The predicted molar refractivity (Wildman–Crippen MR) is 77.8 cm³/mol. The zero-order valence-corrected chi connectivity index (χ0v) is 11.8. The average molecular weight is 256 g/mol. The van der Waals surface area contributed by atoms with Gasteiger partial charge in [-0.3, -0.25) is 0 Å². The second-order valence-electron chi connectivity index (χ2n) is 5.21. The number of hydrogen-bond acceptors (Lipinski definition) is 2. The number of imidazole rings is 1. The van der Waals surface area contributed by atoms with E-state index in [1.807, 2.05) is 18.2 Å². The fraction of sp³-hybridized carbons (Fsp3) is 0.438. The van der Waals surface area contributed by atoms with E-state index in [4.69, 9.17) is 0 Å². The van der Waals surface area contributed by atoms with E-state index in [2.05, 4.69) is 34.4 Å². The topological polar surface area (TPSA) is 38.0 Å². The number of aryl methyl sites for hydroxylation is 1. The standard InChI is InChI=1S/C16H20N2O/c1-4-12-18-14-9-6-5-8-13(14)17-15(18)10-7-11-16(2,3)19/h5-6,8-9,19H,4,10,12H2,1-3H3. The van der Waals surface area contributed by atoms with Crippen LogP contribution in [0.2, 0.25) is 0 Å². The first kappa shape index (κ1) is 13.6. The molecule has 0 amide bonds. The minimum absolute atomic E-state index is 0.568. The third kappa shape index (κ3) is 3.36. The van der Waals surface area contributed by atoms with Crippen molar-refractivity contribution in [2.24, 2.45) is 0 Å². The molecule has 0 bridgehead atoms. The van der Waals surface area contributed by atoms with Gasteiger partial charge in [-0.25, -0.2) is 4.98 Å². The predicted octanol–water partition coefficient (Wildman–Crippen LogP) is 2.76. The van der Waals surface area contributed by atoms with Gasteiger partial charge in [0.2, 0.25) is 0 Å². The molecule has 0 spiro atoms. The lowest BCUT2D eigenvalue weighted by Gasteiger charge is -2.07. The molecule has 0 unspecified atom stereocenters. The summed E-state index contributed by atoms with van der Waals surface area (Å²) in [4.78, 5) is 4.63. The van der Waals surface area contributed by atoms with Gasteiger partial charge in [0.25, 0.3) is 0 Å². The van der Waals surface area contributed by atoms with Crippen molar-refractivity contribution in [2.75, 3.05) is 0 Å². The normalized spacial score (nSPS) is 11.4. The molecular weight excluding hydrogens is 236 g/mol. The lowest BCUT2D eigenvalue weighted by atomic mass is 10.1. The largest absolute Gasteiger partial charge is 0.378 e. The van der Waals surface area contributed by atoms with E-state index in [0.717, 1.165) is 29.8 Å². The van der Waals surface area contributed by atoms with Crippen molar-refractivity contribution in [3.63, 3.8) is 0 Å². The Morgan fingerprint density at radius 1 is 1.32 bits per heavy atom. The van der Waals surface area contributed by atoms with Crippen molar-refractivity contribution in [3.8, 4) is 11.8 Å². The van der Waals surface area contributed by atoms with E-state index >= 15 is 0 Å². The SMILES string of the molecule is CCCn1c(CC#CC(C)(C)O)nc2ccccc21. The Bertz CT molecular complexity index is 623. The van der Waals surface area contributed by atoms with Crippen molar-refractivity contribution < 1.29 is 5.11 Å². The molecule has 1 aromatic carbocycles. The summed E-state index contributed by atoms with van der Waals surface area (Å²) in [6.45, 7) is 6.48. The minimum atomic E-state index is -0.943. The van der Waals surface area contributed by atoms with Crippen molar-refractivity contribution in [3.05, 3.63) is 30.1 Å². The average Bonchev–Trinajstić information content (AvgIpc) is 2.67. The van der Waals surface area contributed by atoms with Crippen LogP contribution >= 0.6 is 0 Å². The first-order valence-corrected chi connectivity index (χ1v) is 6.68. The molecule has 1 heterocycles. The zero-order valence-electron chi connectivity index (χ0n) is 11.8. The van der Waals surface area contributed by atoms with Gasteiger partial charge in [-0.15, -0.1) is 0 Å². The number of para-hydroxylation sites is 2. The Balaban J connectivity index is 2.36. The van der Waals surface area contributed by atoms with Crippen LogP contribution in [0.3, 0.4) is 0 Å². The highest BCUT2D eigenvalue weighted by Gasteiger charge is 2.09. The Labute approximate surface area is 114 Å². The molecule has 0 aliphatic rings. The molecule has 0 fully saturated rings. The Morgan fingerprint density at radius 3 is 2.74 bits per heavy atom. The molecule has 1 aromatic heterocycles. The monoisotopic (exact) mass is 256 g/mol. The highest BCUT2D eigenvalue weighted by molar-refractivity contribution is 5.75. The summed E-state index contributed by atoms with van der Waals surface area (Å²) in [5.74, 6) is 6.83. The summed E-state index contributed by atoms with van der Waals surface area (Å²) in [7, 11) is 0. The number of nitrogens with zero attached hydrogens (tertiary/aromatic N) is 2. The third-order valence-electron chi connectivity index (χ3n) is 2.82. The first-order chi connectivity index (χ1) is 9.01. The van der Waals surface area contributed by atoms with Gasteiger partial charge in [0.05, 0.1) is 17.5 Å². The fourth-order valence-electron chi connectivity index (χ4n) is 2.07. The van der Waals surface area contributed by atoms with Gasteiger partial charge in [-0.1, -0.05) is 30.9 Å². The molecular formula is C16H20N2O. The second-order valence-corrected chi connectivity index (χ2v) is 5.21. The van der Waals surface area contributed by atoms with E-state index in [-0.39, 0.29) is 0 Å². The molecule has 1 N–H and O–H groups in total. The molecule has 100 valence electrons. The van der Waals surface area contributed by atoms with Crippen molar-refractivity contribution in [2.45, 2.75) is 45.8 Å². The summed E-state index contributed by atoms with van der Waals surface area (Å²) in [5, 5.41) is 9.61. The van der Waals surface area contributed by atoms with Gasteiger partial charge in [0, 0.05) is 6.54 Å². The Morgan fingerprint density at radius 2 is 2.05 bits per heavy atom. The van der Waals surface area contributed by atoms with Gasteiger partial charge >= 0.3 is 0 Å². The van der Waals surface area contributed by atoms with Crippen LogP contribution in [0.5, 0.6) is 0 Å². The third-order valence-corrected chi connectivity index (χ3v) is 2.82. The van der Waals surface area contributed by atoms with Gasteiger partial charge in [0.1, 0.15) is 11.4 Å². The molecule has 19 heavy (non-hydrogen) atoms. The molecule has 0 radical (unpaired) electrons. The molecule has 2 rings (SSSR count). The van der Waals surface area contributed by atoms with Gasteiger partial charge in [-0.05, 0) is 32.4 Å². The van der Waals surface area contributed by atoms with Gasteiger partial charge in [-0.2, -0.15) is 0 Å². The van der Waals surface area contributed by atoms with Crippen molar-refractivity contribution >= 4 is 11.0 Å². The van der Waals surface area contributed by atoms with E-state index in [1.165, 1.54) is 0 Å². The molecule has 3 heteroatoms. The first-order valence-electron chi connectivity index (χ1n) is 6.68. The number of fused-ring (bicyclic) bond motifs is 1. The van der Waals surface area contributed by atoms with E-state index < -0.39 is 5.60 Å². The van der Waals surface area contributed by atoms with Crippen LogP contribution in [0.15, 0.2) is 24.3 Å². The quantitative estimate of drug-likeness (QED) is 0.857. The van der Waals surface area contributed by atoms with E-state index in [9.17, 15) is 5.11 Å². The number of aromatic nitrogens is 2. The van der Waals surface area contributed by atoms with Crippen LogP contribution in [0.25, 0.3) is 11.0 Å². The van der Waals surface area contributed by atoms with Crippen LogP contribution in [0, 0.1) is 11.8 Å². The van der Waals surface area contributed by atoms with Crippen LogP contribution in [0.4, 0.5) is 0 Å². The lowest BCUT2D eigenvalue weighted by Crippen LogP contribution is -2.14. The highest BCUT2D eigenvalue weighted by atomic mass is 16.3. The van der Waals surface area contributed by atoms with E-state index in [1.54, 1.807) is 13.8 Å². The molecule has 0 saturated heterocycles. The molecule has 2 aromatic rings. The van der Waals surface area contributed by atoms with Crippen LogP contribution in [-0.4, -0.2) is 20.3 Å². The summed E-state index contributed by atoms with van der Waals surface area (Å²) < 4.78 is 2.22. The number of rotatable bonds is 3. The Hall–Kier alpha value is -1.79. The van der Waals surface area contributed by atoms with Gasteiger partial charge in [0.15, 0.2) is 0 Å². The van der Waals surface area contributed by atoms with Gasteiger partial charge < -0.3 is 9.67 Å². The fourth-order valence-corrected chi connectivity index (χ4v) is 2.07. The van der Waals surface area contributed by atoms with Crippen LogP contribution in [-0.2, 0) is 13.0 Å². The minimum Gasteiger partial charge on any atom is -0.378 e. The van der Waals surface area contributed by atoms with Crippen molar-refractivity contribution in [1.29, 1.82) is 0 Å². The molecule has 0 atom stereocenters. The maximum absolute atomic E-state index is 9.61. The number of hydrogen-bond donors (Lipinski definition) is 1. The van der Waals surface area contributed by atoms with Crippen LogP contribution in [0.1, 0.15) is 33.0 Å². The number of aliphatic hydroxyl groups is 1. The highest BCUT2D eigenvalue weighted by Crippen LogP contribution is 2.16. The summed E-state index contributed by atoms with van der Waals surface area (Å²) in [6.07, 6.45) is 1.63. The molecule has 0 aliphatic heterocycles. The lowest BCUT2D eigenvalue weighted by molar-refractivity contribution is 0.143. The maximum atomic E-state index is 9.61. The van der Waals surface area contributed by atoms with E-state index in [0.29, 0.717) is 6.42 Å². The smallest absolute Gasteiger partial charge is 0.121 e. The molecule has 3 nitrogen and oxygen atoms in total. The summed E-state index contributed by atoms with van der Waals surface area (Å²) >= 11 is 0. The maximum Gasteiger partial charge on any atom is 0.121 e. The van der Waals surface area contributed by atoms with Crippen molar-refractivity contribution in [1.82, 2.24) is 9.55 Å². The molecule has 0 aliphatic carbocycles. The second kappa shape index (κ2) is 5.46. The summed E-state index contributed by atoms with van der Waals surface area (Å²) in [6, 6.07) is 8.14. The summed E-state index contributed by atoms with van der Waals surface area (Å²) in [5.41, 5.74) is 1.22.